The van der Waals surface area contributed by atoms with Crippen LogP contribution in [0.2, 0.25) is 0 Å². The molecule has 0 fully saturated rings. The van der Waals surface area contributed by atoms with E-state index in [0.717, 1.165) is 12.8 Å². The number of carbonyl (C=O) groups is 2. The van der Waals surface area contributed by atoms with Crippen LogP contribution in [0.25, 0.3) is 0 Å². The van der Waals surface area contributed by atoms with Gasteiger partial charge in [0.1, 0.15) is 6.54 Å². The van der Waals surface area contributed by atoms with Crippen molar-refractivity contribution in [3.63, 3.8) is 0 Å². The average Bonchev–Trinajstić information content (AvgIpc) is 2.63. The van der Waals surface area contributed by atoms with Gasteiger partial charge in [0.25, 0.3) is 0 Å². The lowest BCUT2D eigenvalue weighted by Crippen LogP contribution is -2.15. The lowest BCUT2D eigenvalue weighted by atomic mass is 9.96. The molecule has 1 aromatic rings. The molecule has 1 aromatic heterocycles. The molecule has 0 aliphatic rings. The van der Waals surface area contributed by atoms with Crippen molar-refractivity contribution in [3.8, 4) is 0 Å². The second-order valence-electron chi connectivity index (χ2n) is 3.95. The molecule has 17 heavy (non-hydrogen) atoms. The van der Waals surface area contributed by atoms with E-state index in [1.807, 2.05) is 13.8 Å². The van der Waals surface area contributed by atoms with Gasteiger partial charge in [-0.15, -0.1) is 0 Å². The van der Waals surface area contributed by atoms with Gasteiger partial charge in [0, 0.05) is 11.9 Å². The third-order valence-electron chi connectivity index (χ3n) is 2.91. The number of carboxylic acids is 2. The van der Waals surface area contributed by atoms with E-state index in [1.54, 1.807) is 0 Å². The van der Waals surface area contributed by atoms with Crippen molar-refractivity contribution < 1.29 is 19.8 Å². The van der Waals surface area contributed by atoms with Crippen molar-refractivity contribution in [2.45, 2.75) is 39.2 Å². The SMILES string of the molecule is CCC(CC)c1c(C(=O)O)ccn1CC(=O)O. The van der Waals surface area contributed by atoms with Gasteiger partial charge in [-0.1, -0.05) is 13.8 Å². The fraction of sp³-hybridized carbons (Fsp3) is 0.500. The Bertz CT molecular complexity index is 418. The number of nitrogens with zero attached hydrogens (tertiary/aromatic N) is 1. The minimum absolute atomic E-state index is 0.0791. The summed E-state index contributed by atoms with van der Waals surface area (Å²) in [5.41, 5.74) is 0.824. The maximum absolute atomic E-state index is 11.1. The van der Waals surface area contributed by atoms with E-state index >= 15 is 0 Å². The summed E-state index contributed by atoms with van der Waals surface area (Å²) in [5.74, 6) is -1.89. The van der Waals surface area contributed by atoms with Gasteiger partial charge in [-0.3, -0.25) is 4.79 Å². The molecule has 0 atom stereocenters. The minimum atomic E-state index is -1.00. The molecule has 0 aliphatic carbocycles. The fourth-order valence-corrected chi connectivity index (χ4v) is 2.08. The van der Waals surface area contributed by atoms with Crippen molar-refractivity contribution in [2.75, 3.05) is 0 Å². The Morgan fingerprint density at radius 2 is 1.88 bits per heavy atom. The van der Waals surface area contributed by atoms with Gasteiger partial charge in [-0.25, -0.2) is 4.79 Å². The van der Waals surface area contributed by atoms with Crippen molar-refractivity contribution in [1.82, 2.24) is 4.57 Å². The first-order valence-corrected chi connectivity index (χ1v) is 5.65. The number of hydrogen-bond acceptors (Lipinski definition) is 2. The molecular formula is C12H17NO4. The molecule has 0 bridgehead atoms. The maximum atomic E-state index is 11.1. The lowest BCUT2D eigenvalue weighted by Gasteiger charge is -2.16. The van der Waals surface area contributed by atoms with Gasteiger partial charge in [-0.05, 0) is 24.8 Å². The average molecular weight is 239 g/mol. The first-order chi connectivity index (χ1) is 8.01. The number of carboxylic acid groups (broad SMARTS) is 2. The zero-order valence-electron chi connectivity index (χ0n) is 10.0. The number of hydrogen-bond donors (Lipinski definition) is 2. The Balaban J connectivity index is 3.22. The Morgan fingerprint density at radius 3 is 2.29 bits per heavy atom. The topological polar surface area (TPSA) is 79.5 Å². The summed E-state index contributed by atoms with van der Waals surface area (Å²) in [6.07, 6.45) is 3.12. The molecule has 94 valence electrons. The van der Waals surface area contributed by atoms with Crippen LogP contribution in [0, 0.1) is 0 Å². The number of aliphatic carboxylic acids is 1. The summed E-state index contributed by atoms with van der Waals surface area (Å²) < 4.78 is 1.52. The van der Waals surface area contributed by atoms with Crippen molar-refractivity contribution in [3.05, 3.63) is 23.5 Å². The van der Waals surface area contributed by atoms with Gasteiger partial charge >= 0.3 is 11.9 Å². The Morgan fingerprint density at radius 1 is 1.29 bits per heavy atom. The summed E-state index contributed by atoms with van der Waals surface area (Å²) in [6.45, 7) is 3.74. The molecule has 0 amide bonds. The largest absolute Gasteiger partial charge is 0.480 e. The second-order valence-corrected chi connectivity index (χ2v) is 3.95. The van der Waals surface area contributed by atoms with Crippen molar-refractivity contribution >= 4 is 11.9 Å². The number of aromatic nitrogens is 1. The van der Waals surface area contributed by atoms with E-state index < -0.39 is 11.9 Å². The molecule has 0 aliphatic heterocycles. The van der Waals surface area contributed by atoms with Gasteiger partial charge in [-0.2, -0.15) is 0 Å². The monoisotopic (exact) mass is 239 g/mol. The van der Waals surface area contributed by atoms with E-state index in [1.165, 1.54) is 16.8 Å². The van der Waals surface area contributed by atoms with Crippen LogP contribution in [0.5, 0.6) is 0 Å². The highest BCUT2D eigenvalue weighted by molar-refractivity contribution is 5.89. The molecule has 1 rings (SSSR count). The van der Waals surface area contributed by atoms with Crippen molar-refractivity contribution in [1.29, 1.82) is 0 Å². The van der Waals surface area contributed by atoms with Crippen LogP contribution in [-0.4, -0.2) is 26.7 Å². The summed E-state index contributed by atoms with van der Waals surface area (Å²) in [5, 5.41) is 17.9. The first kappa shape index (κ1) is 13.3. The predicted molar refractivity (Wildman–Crippen MR) is 62.4 cm³/mol. The lowest BCUT2D eigenvalue weighted by molar-refractivity contribution is -0.137. The van der Waals surface area contributed by atoms with Gasteiger partial charge in [0.2, 0.25) is 0 Å². The van der Waals surface area contributed by atoms with E-state index in [4.69, 9.17) is 10.2 Å². The highest BCUT2D eigenvalue weighted by Crippen LogP contribution is 2.27. The highest BCUT2D eigenvalue weighted by atomic mass is 16.4. The summed E-state index contributed by atoms with van der Waals surface area (Å²) in [7, 11) is 0. The van der Waals surface area contributed by atoms with E-state index in [0.29, 0.717) is 5.69 Å². The quantitative estimate of drug-likeness (QED) is 0.797. The van der Waals surface area contributed by atoms with E-state index in [2.05, 4.69) is 0 Å². The zero-order chi connectivity index (χ0) is 13.0. The molecular weight excluding hydrogens is 222 g/mol. The molecule has 0 saturated carbocycles. The molecule has 5 heteroatoms. The van der Waals surface area contributed by atoms with Crippen LogP contribution in [0.4, 0.5) is 0 Å². The molecule has 1 heterocycles. The summed E-state index contributed by atoms with van der Waals surface area (Å²) in [4.78, 5) is 21.8. The van der Waals surface area contributed by atoms with Gasteiger partial charge in [0.15, 0.2) is 0 Å². The third kappa shape index (κ3) is 2.87. The van der Waals surface area contributed by atoms with E-state index in [9.17, 15) is 9.59 Å². The smallest absolute Gasteiger partial charge is 0.337 e. The normalized spacial score (nSPS) is 10.8. The van der Waals surface area contributed by atoms with Gasteiger partial charge < -0.3 is 14.8 Å². The van der Waals surface area contributed by atoms with Crippen molar-refractivity contribution in [2.24, 2.45) is 0 Å². The third-order valence-corrected chi connectivity index (χ3v) is 2.91. The summed E-state index contributed by atoms with van der Waals surface area (Å²) >= 11 is 0. The van der Waals surface area contributed by atoms with Gasteiger partial charge in [0.05, 0.1) is 5.56 Å². The van der Waals surface area contributed by atoms with Crippen LogP contribution >= 0.6 is 0 Å². The van der Waals surface area contributed by atoms with Crippen LogP contribution in [0.15, 0.2) is 12.3 Å². The Hall–Kier alpha value is -1.78. The van der Waals surface area contributed by atoms with Crippen LogP contribution in [0.3, 0.4) is 0 Å². The van der Waals surface area contributed by atoms with Crippen LogP contribution in [0.1, 0.15) is 48.7 Å². The molecule has 2 N–H and O–H groups in total. The molecule has 0 unspecified atom stereocenters. The van der Waals surface area contributed by atoms with Crippen LogP contribution < -0.4 is 0 Å². The number of aromatic carboxylic acids is 1. The molecule has 0 radical (unpaired) electrons. The standard InChI is InChI=1S/C12H17NO4/c1-3-8(4-2)11-9(12(16)17)5-6-13(11)7-10(14)15/h5-6,8H,3-4,7H2,1-2H3,(H,14,15)(H,16,17). The molecule has 0 saturated heterocycles. The highest BCUT2D eigenvalue weighted by Gasteiger charge is 2.21. The minimum Gasteiger partial charge on any atom is -0.480 e. The number of rotatable bonds is 6. The van der Waals surface area contributed by atoms with E-state index in [-0.39, 0.29) is 18.0 Å². The maximum Gasteiger partial charge on any atom is 0.337 e. The first-order valence-electron chi connectivity index (χ1n) is 5.65. The molecule has 0 aromatic carbocycles. The molecule has 0 spiro atoms. The van der Waals surface area contributed by atoms with Crippen LogP contribution in [-0.2, 0) is 11.3 Å². The zero-order valence-corrected chi connectivity index (χ0v) is 10.0. The summed E-state index contributed by atoms with van der Waals surface area (Å²) in [6, 6.07) is 1.47. The predicted octanol–water partition coefficient (Wildman–Crippen LogP) is 2.17. The Labute approximate surface area is 99.7 Å². The molecule has 5 nitrogen and oxygen atoms in total. The Kier molecular flexibility index (Phi) is 4.31. The fourth-order valence-electron chi connectivity index (χ4n) is 2.08. The second kappa shape index (κ2) is 5.52.